The van der Waals surface area contributed by atoms with Gasteiger partial charge in [-0.05, 0) is 59.7 Å². The third-order valence-corrected chi connectivity index (χ3v) is 6.07. The zero-order valence-electron chi connectivity index (χ0n) is 14.8. The van der Waals surface area contributed by atoms with E-state index >= 15 is 0 Å². The Bertz CT molecular complexity index is 1090. The third kappa shape index (κ3) is 2.35. The fourth-order valence-electron chi connectivity index (χ4n) is 4.43. The maximum atomic E-state index is 13.0. The molecule has 0 fully saturated rings. The largest absolute Gasteiger partial charge is 0.456 e. The predicted molar refractivity (Wildman–Crippen MR) is 105 cm³/mol. The summed E-state index contributed by atoms with van der Waals surface area (Å²) in [5, 5.41) is 0.710. The van der Waals surface area contributed by atoms with E-state index < -0.39 is 5.92 Å². The van der Waals surface area contributed by atoms with Crippen LogP contribution in [0.2, 0.25) is 5.02 Å². The van der Waals surface area contributed by atoms with Crippen LogP contribution in [0.3, 0.4) is 0 Å². The average Bonchev–Trinajstić information content (AvgIpc) is 3.36. The van der Waals surface area contributed by atoms with E-state index in [0.29, 0.717) is 27.3 Å². The summed E-state index contributed by atoms with van der Waals surface area (Å²) in [4.78, 5) is 26.1. The quantitative estimate of drug-likeness (QED) is 0.530. The normalized spacial score (nSPS) is 20.3. The minimum atomic E-state index is -0.697. The van der Waals surface area contributed by atoms with E-state index in [0.717, 1.165) is 24.0 Å². The van der Waals surface area contributed by atoms with E-state index in [1.54, 1.807) is 12.1 Å². The molecule has 1 unspecified atom stereocenters. The van der Waals surface area contributed by atoms with Gasteiger partial charge in [-0.15, -0.1) is 0 Å². The number of furan rings is 2. The zero-order chi connectivity index (χ0) is 18.7. The molecule has 1 aromatic carbocycles. The number of halogens is 1. The standard InChI is InChI=1S/C23H17ClO3/c1-2-12-11-14(13-3-6-15(24)7-4-13)5-8-16(12)19-22(25)20-17-9-10-18(27-17)21(20)23(19)26/h3-10,12,19H,2,11H2,1H3. The van der Waals surface area contributed by atoms with Gasteiger partial charge in [-0.2, -0.15) is 0 Å². The van der Waals surface area contributed by atoms with Crippen molar-refractivity contribution in [2.75, 3.05) is 0 Å². The average molecular weight is 377 g/mol. The molecule has 0 saturated carbocycles. The molecule has 0 aliphatic heterocycles. The highest BCUT2D eigenvalue weighted by Crippen LogP contribution is 2.45. The van der Waals surface area contributed by atoms with Crippen LogP contribution in [0.1, 0.15) is 46.0 Å². The number of ketones is 2. The summed E-state index contributed by atoms with van der Waals surface area (Å²) in [6.45, 7) is 2.10. The molecule has 2 aromatic heterocycles. The summed E-state index contributed by atoms with van der Waals surface area (Å²) in [6, 6.07) is 11.3. The highest BCUT2D eigenvalue weighted by Gasteiger charge is 2.46. The highest BCUT2D eigenvalue weighted by atomic mass is 35.5. The molecular weight excluding hydrogens is 360 g/mol. The summed E-state index contributed by atoms with van der Waals surface area (Å²) in [7, 11) is 0. The van der Waals surface area contributed by atoms with E-state index in [1.165, 1.54) is 5.57 Å². The first kappa shape index (κ1) is 16.5. The first-order valence-electron chi connectivity index (χ1n) is 9.18. The molecule has 3 nitrogen and oxygen atoms in total. The van der Waals surface area contributed by atoms with E-state index in [4.69, 9.17) is 16.0 Å². The molecule has 2 aliphatic carbocycles. The van der Waals surface area contributed by atoms with Crippen molar-refractivity contribution in [2.24, 2.45) is 11.8 Å². The number of carbonyl (C=O) groups is 2. The minimum Gasteiger partial charge on any atom is -0.456 e. The Labute approximate surface area is 161 Å². The molecule has 4 heteroatoms. The van der Waals surface area contributed by atoms with Gasteiger partial charge in [-0.25, -0.2) is 0 Å². The molecule has 134 valence electrons. The van der Waals surface area contributed by atoms with Crippen molar-refractivity contribution in [3.05, 3.63) is 75.8 Å². The van der Waals surface area contributed by atoms with E-state index in [2.05, 4.69) is 6.92 Å². The Kier molecular flexibility index (Phi) is 3.63. The fourth-order valence-corrected chi connectivity index (χ4v) is 4.55. The van der Waals surface area contributed by atoms with Crippen LogP contribution in [0.15, 0.2) is 58.5 Å². The topological polar surface area (TPSA) is 47.3 Å². The predicted octanol–water partition coefficient (Wildman–Crippen LogP) is 5.96. The molecule has 0 N–H and O–H groups in total. The number of Topliss-reactive ketones (excluding diaryl/α,β-unsaturated/α-hetero) is 2. The van der Waals surface area contributed by atoms with Crippen LogP contribution in [0.4, 0.5) is 0 Å². The van der Waals surface area contributed by atoms with Gasteiger partial charge in [0.25, 0.3) is 0 Å². The lowest BCUT2D eigenvalue weighted by Gasteiger charge is -2.27. The molecule has 2 bridgehead atoms. The van der Waals surface area contributed by atoms with Crippen molar-refractivity contribution in [3.63, 3.8) is 0 Å². The van der Waals surface area contributed by atoms with Crippen molar-refractivity contribution < 1.29 is 14.0 Å². The number of rotatable bonds is 3. The second kappa shape index (κ2) is 5.93. The van der Waals surface area contributed by atoms with Crippen molar-refractivity contribution in [2.45, 2.75) is 19.8 Å². The van der Waals surface area contributed by atoms with Crippen LogP contribution in [0, 0.1) is 11.8 Å². The summed E-state index contributed by atoms with van der Waals surface area (Å²) in [5.41, 5.74) is 5.27. The summed E-state index contributed by atoms with van der Waals surface area (Å²) < 4.78 is 5.52. The maximum absolute atomic E-state index is 13.0. The third-order valence-electron chi connectivity index (χ3n) is 5.82. The number of hydrogen-bond acceptors (Lipinski definition) is 3. The Balaban J connectivity index is 1.54. The number of fused-ring (bicyclic) bond motifs is 5. The van der Waals surface area contributed by atoms with Gasteiger partial charge in [0.05, 0.1) is 11.1 Å². The zero-order valence-corrected chi connectivity index (χ0v) is 15.5. The van der Waals surface area contributed by atoms with Gasteiger partial charge in [0, 0.05) is 5.02 Å². The molecule has 0 saturated heterocycles. The molecule has 2 heterocycles. The van der Waals surface area contributed by atoms with Crippen molar-refractivity contribution in [1.82, 2.24) is 0 Å². The molecule has 5 rings (SSSR count). The van der Waals surface area contributed by atoms with Gasteiger partial charge >= 0.3 is 0 Å². The monoisotopic (exact) mass is 376 g/mol. The minimum absolute atomic E-state index is 0.114. The van der Waals surface area contributed by atoms with E-state index in [1.807, 2.05) is 36.4 Å². The second-order valence-electron chi connectivity index (χ2n) is 7.25. The molecule has 27 heavy (non-hydrogen) atoms. The Morgan fingerprint density at radius 3 is 2.19 bits per heavy atom. The van der Waals surface area contributed by atoms with Gasteiger partial charge in [-0.3, -0.25) is 9.59 Å². The van der Waals surface area contributed by atoms with Crippen molar-refractivity contribution in [3.8, 4) is 0 Å². The Morgan fingerprint density at radius 2 is 1.59 bits per heavy atom. The summed E-state index contributed by atoms with van der Waals surface area (Å²) in [5.74, 6) is -0.758. The molecule has 2 aliphatic rings. The first-order valence-corrected chi connectivity index (χ1v) is 9.56. The van der Waals surface area contributed by atoms with Gasteiger partial charge in [0.1, 0.15) is 17.1 Å². The molecule has 0 radical (unpaired) electrons. The van der Waals surface area contributed by atoms with Gasteiger partial charge < -0.3 is 4.42 Å². The van der Waals surface area contributed by atoms with Crippen LogP contribution in [-0.4, -0.2) is 11.6 Å². The van der Waals surface area contributed by atoms with Crippen molar-refractivity contribution >= 4 is 39.9 Å². The van der Waals surface area contributed by atoms with Crippen LogP contribution < -0.4 is 0 Å². The number of carbonyl (C=O) groups excluding carboxylic acids is 2. The molecule has 0 amide bonds. The maximum Gasteiger partial charge on any atom is 0.182 e. The Hall–Kier alpha value is -2.65. The van der Waals surface area contributed by atoms with Crippen LogP contribution in [0.25, 0.3) is 16.7 Å². The molecular formula is C23H17ClO3. The number of allylic oxidation sites excluding steroid dienone is 4. The Morgan fingerprint density at radius 1 is 0.963 bits per heavy atom. The lowest BCUT2D eigenvalue weighted by Crippen LogP contribution is -2.24. The smallest absolute Gasteiger partial charge is 0.182 e. The van der Waals surface area contributed by atoms with E-state index in [-0.39, 0.29) is 17.5 Å². The van der Waals surface area contributed by atoms with Crippen LogP contribution >= 0.6 is 11.6 Å². The summed E-state index contributed by atoms with van der Waals surface area (Å²) in [6.07, 6.45) is 5.71. The second-order valence-corrected chi connectivity index (χ2v) is 7.69. The van der Waals surface area contributed by atoms with Crippen LogP contribution in [0.5, 0.6) is 0 Å². The lowest BCUT2D eigenvalue weighted by molar-refractivity contribution is 0.0856. The fraction of sp³-hybridized carbons (Fsp3) is 0.217. The highest BCUT2D eigenvalue weighted by molar-refractivity contribution is 6.33. The lowest BCUT2D eigenvalue weighted by atomic mass is 9.76. The van der Waals surface area contributed by atoms with Gasteiger partial charge in [-0.1, -0.05) is 42.8 Å². The molecule has 1 atom stereocenters. The van der Waals surface area contributed by atoms with Gasteiger partial charge in [0.2, 0.25) is 0 Å². The first-order chi connectivity index (χ1) is 13.1. The number of hydrogen-bond donors (Lipinski definition) is 0. The van der Waals surface area contributed by atoms with E-state index in [9.17, 15) is 9.59 Å². The summed E-state index contributed by atoms with van der Waals surface area (Å²) >= 11 is 5.99. The van der Waals surface area contributed by atoms with Crippen molar-refractivity contribution in [1.29, 1.82) is 0 Å². The molecule has 0 spiro atoms. The van der Waals surface area contributed by atoms with Crippen LogP contribution in [-0.2, 0) is 0 Å². The molecule has 3 aromatic rings. The number of benzene rings is 2. The SMILES string of the molecule is CCC1CC(c2ccc(Cl)cc2)=CC=C1C1C(=O)c2c(c3ccc2o3)C1=O. The van der Waals surface area contributed by atoms with Gasteiger partial charge in [0.15, 0.2) is 11.6 Å².